The van der Waals surface area contributed by atoms with Crippen molar-refractivity contribution in [2.24, 2.45) is 5.92 Å². The fourth-order valence-corrected chi connectivity index (χ4v) is 1.68. The summed E-state index contributed by atoms with van der Waals surface area (Å²) < 4.78 is 10.5. The molecule has 1 saturated heterocycles. The molecule has 15 heavy (non-hydrogen) atoms. The van der Waals surface area contributed by atoms with Gasteiger partial charge in [-0.2, -0.15) is 12.6 Å². The van der Waals surface area contributed by atoms with Gasteiger partial charge in [0, 0.05) is 11.7 Å². The minimum atomic E-state index is -0.886. The lowest BCUT2D eigenvalue weighted by Crippen LogP contribution is -2.55. The highest BCUT2D eigenvalue weighted by atomic mass is 32.1. The van der Waals surface area contributed by atoms with Crippen LogP contribution in [-0.2, 0) is 9.47 Å². The van der Waals surface area contributed by atoms with Crippen LogP contribution in [0.25, 0.3) is 0 Å². The summed E-state index contributed by atoms with van der Waals surface area (Å²) in [5.74, 6) is 0.133. The maximum atomic E-state index is 9.73. The van der Waals surface area contributed by atoms with E-state index in [1.165, 1.54) is 0 Å². The van der Waals surface area contributed by atoms with Gasteiger partial charge in [-0.3, -0.25) is 0 Å². The van der Waals surface area contributed by atoms with E-state index in [-0.39, 0.29) is 12.5 Å². The van der Waals surface area contributed by atoms with Gasteiger partial charge >= 0.3 is 0 Å². The molecular weight excluding hydrogens is 220 g/mol. The van der Waals surface area contributed by atoms with Gasteiger partial charge < -0.3 is 24.8 Å². The van der Waals surface area contributed by atoms with Gasteiger partial charge in [0.1, 0.15) is 12.2 Å². The number of thiol groups is 1. The molecule has 0 aromatic rings. The zero-order valence-electron chi connectivity index (χ0n) is 8.61. The number of aliphatic hydroxyl groups excluding tert-OH is 3. The lowest BCUT2D eigenvalue weighted by atomic mass is 9.91. The largest absolute Gasteiger partial charge is 0.394 e. The van der Waals surface area contributed by atoms with E-state index in [0.29, 0.717) is 12.4 Å². The third-order valence-electron chi connectivity index (χ3n) is 2.60. The molecule has 5 unspecified atom stereocenters. The number of hydrogen-bond acceptors (Lipinski definition) is 6. The predicted molar refractivity (Wildman–Crippen MR) is 56.7 cm³/mol. The molecule has 0 amide bonds. The normalized spacial score (nSPS) is 41.8. The first-order chi connectivity index (χ1) is 7.11. The molecule has 5 nitrogen and oxygen atoms in total. The molecule has 0 aliphatic carbocycles. The average Bonchev–Trinajstić information content (AvgIpc) is 2.25. The fourth-order valence-electron chi connectivity index (χ4n) is 1.58. The Hall–Kier alpha value is 0.150. The van der Waals surface area contributed by atoms with Crippen LogP contribution in [0.1, 0.15) is 6.92 Å². The van der Waals surface area contributed by atoms with Crippen LogP contribution in [-0.4, -0.2) is 58.9 Å². The zero-order valence-corrected chi connectivity index (χ0v) is 9.51. The molecule has 0 aromatic carbocycles. The number of ether oxygens (including phenoxy) is 2. The Bertz CT molecular complexity index is 189. The molecule has 0 radical (unpaired) electrons. The second-order valence-corrected chi connectivity index (χ2v) is 4.11. The van der Waals surface area contributed by atoms with E-state index in [1.807, 2.05) is 0 Å². The lowest BCUT2D eigenvalue weighted by molar-refractivity contribution is -0.286. The lowest BCUT2D eigenvalue weighted by Gasteiger charge is -2.40. The van der Waals surface area contributed by atoms with Crippen LogP contribution in [0, 0.1) is 5.92 Å². The molecule has 6 heteroatoms. The Morgan fingerprint density at radius 3 is 2.53 bits per heavy atom. The van der Waals surface area contributed by atoms with Crippen LogP contribution < -0.4 is 0 Å². The van der Waals surface area contributed by atoms with E-state index in [1.54, 1.807) is 6.92 Å². The molecule has 5 atom stereocenters. The SMILES string of the molecule is CC1C(O)C(CO)OC(OCCS)C1O. The Morgan fingerprint density at radius 2 is 2.00 bits per heavy atom. The smallest absolute Gasteiger partial charge is 0.184 e. The van der Waals surface area contributed by atoms with Crippen molar-refractivity contribution in [2.75, 3.05) is 19.0 Å². The highest BCUT2D eigenvalue weighted by Crippen LogP contribution is 2.26. The molecule has 1 rings (SSSR count). The highest BCUT2D eigenvalue weighted by Gasteiger charge is 2.42. The molecule has 1 fully saturated rings. The van der Waals surface area contributed by atoms with Crippen molar-refractivity contribution in [3.63, 3.8) is 0 Å². The van der Waals surface area contributed by atoms with Gasteiger partial charge in [-0.25, -0.2) is 0 Å². The first-order valence-electron chi connectivity index (χ1n) is 4.96. The van der Waals surface area contributed by atoms with Crippen molar-refractivity contribution in [2.45, 2.75) is 31.5 Å². The van der Waals surface area contributed by atoms with Crippen molar-refractivity contribution in [3.8, 4) is 0 Å². The summed E-state index contributed by atoms with van der Waals surface area (Å²) in [6.45, 7) is 1.75. The average molecular weight is 238 g/mol. The summed E-state index contributed by atoms with van der Waals surface area (Å²) in [6.07, 6.45) is -3.26. The van der Waals surface area contributed by atoms with Crippen molar-refractivity contribution < 1.29 is 24.8 Å². The quantitative estimate of drug-likeness (QED) is 0.473. The van der Waals surface area contributed by atoms with Crippen molar-refractivity contribution in [1.29, 1.82) is 0 Å². The number of aliphatic hydroxyl groups is 3. The van der Waals surface area contributed by atoms with Crippen LogP contribution in [0.3, 0.4) is 0 Å². The minimum Gasteiger partial charge on any atom is -0.394 e. The third kappa shape index (κ3) is 3.05. The van der Waals surface area contributed by atoms with Crippen LogP contribution >= 0.6 is 12.6 Å². The van der Waals surface area contributed by atoms with Gasteiger partial charge in [-0.1, -0.05) is 6.92 Å². The van der Waals surface area contributed by atoms with Gasteiger partial charge in [0.05, 0.1) is 19.3 Å². The summed E-state index contributed by atoms with van der Waals surface area (Å²) >= 11 is 3.97. The van der Waals surface area contributed by atoms with Crippen LogP contribution in [0.5, 0.6) is 0 Å². The topological polar surface area (TPSA) is 79.2 Å². The van der Waals surface area contributed by atoms with Gasteiger partial charge in [0.2, 0.25) is 0 Å². The first-order valence-corrected chi connectivity index (χ1v) is 5.60. The molecule has 1 heterocycles. The fraction of sp³-hybridized carbons (Fsp3) is 1.00. The minimum absolute atomic E-state index is 0.293. The van der Waals surface area contributed by atoms with Gasteiger partial charge in [0.25, 0.3) is 0 Å². The van der Waals surface area contributed by atoms with E-state index in [2.05, 4.69) is 12.6 Å². The van der Waals surface area contributed by atoms with Gasteiger partial charge in [0.15, 0.2) is 6.29 Å². The summed E-state index contributed by atoms with van der Waals surface area (Å²) in [5, 5.41) is 28.3. The number of hydrogen-bond donors (Lipinski definition) is 4. The molecule has 1 aliphatic rings. The van der Waals surface area contributed by atoms with Crippen LogP contribution in [0.15, 0.2) is 0 Å². The van der Waals surface area contributed by atoms with E-state index < -0.39 is 24.6 Å². The Labute approximate surface area is 94.4 Å². The molecule has 3 N–H and O–H groups in total. The molecule has 0 aromatic heterocycles. The third-order valence-corrected chi connectivity index (χ3v) is 2.78. The van der Waals surface area contributed by atoms with E-state index in [4.69, 9.17) is 14.6 Å². The molecule has 0 spiro atoms. The highest BCUT2D eigenvalue weighted by molar-refractivity contribution is 7.80. The number of rotatable bonds is 4. The molecule has 90 valence electrons. The molecule has 0 bridgehead atoms. The van der Waals surface area contributed by atoms with Gasteiger partial charge in [-0.15, -0.1) is 0 Å². The molecule has 1 aliphatic heterocycles. The van der Waals surface area contributed by atoms with Crippen LogP contribution in [0.4, 0.5) is 0 Å². The standard InChI is InChI=1S/C9H18O5S/c1-5-7(11)6(4-10)14-9(8(5)12)13-2-3-15/h5-12,15H,2-4H2,1H3. The summed E-state index contributed by atoms with van der Waals surface area (Å²) in [7, 11) is 0. The van der Waals surface area contributed by atoms with E-state index in [9.17, 15) is 10.2 Å². The van der Waals surface area contributed by atoms with E-state index >= 15 is 0 Å². The van der Waals surface area contributed by atoms with Crippen molar-refractivity contribution >= 4 is 12.6 Å². The Balaban J connectivity index is 2.57. The van der Waals surface area contributed by atoms with Crippen LogP contribution in [0.2, 0.25) is 0 Å². The monoisotopic (exact) mass is 238 g/mol. The second-order valence-electron chi connectivity index (χ2n) is 3.66. The summed E-state index contributed by atoms with van der Waals surface area (Å²) in [6, 6.07) is 0. The summed E-state index contributed by atoms with van der Waals surface area (Å²) in [4.78, 5) is 0. The van der Waals surface area contributed by atoms with Gasteiger partial charge in [-0.05, 0) is 0 Å². The molecule has 0 saturated carbocycles. The Kier molecular flexibility index (Phi) is 5.31. The second kappa shape index (κ2) is 6.03. The first kappa shape index (κ1) is 13.2. The maximum Gasteiger partial charge on any atom is 0.184 e. The van der Waals surface area contributed by atoms with Crippen molar-refractivity contribution in [3.05, 3.63) is 0 Å². The van der Waals surface area contributed by atoms with E-state index in [0.717, 1.165) is 0 Å². The summed E-state index contributed by atoms with van der Waals surface area (Å²) in [5.41, 5.74) is 0. The molecular formula is C9H18O5S. The predicted octanol–water partition coefficient (Wildman–Crippen LogP) is -0.992. The Morgan fingerprint density at radius 1 is 1.33 bits per heavy atom. The van der Waals surface area contributed by atoms with Crippen molar-refractivity contribution in [1.82, 2.24) is 0 Å². The maximum absolute atomic E-state index is 9.73. The zero-order chi connectivity index (χ0) is 11.4.